The molecule has 80 valence electrons. The van der Waals surface area contributed by atoms with Crippen LogP contribution in [0.15, 0.2) is 12.3 Å². The third kappa shape index (κ3) is 4.30. The minimum atomic E-state index is -0.0573. The molecule has 0 aliphatic heterocycles. The molecule has 0 atom stereocenters. The smallest absolute Gasteiger partial charge is 0.267 e. The first kappa shape index (κ1) is 13.7. The summed E-state index contributed by atoms with van der Waals surface area (Å²) in [6, 6.07) is 1.81. The van der Waals surface area contributed by atoms with Crippen LogP contribution in [0, 0.1) is 3.57 Å². The number of halogens is 2. The van der Waals surface area contributed by atoms with Gasteiger partial charge in [0.1, 0.15) is 5.69 Å². The van der Waals surface area contributed by atoms with E-state index >= 15 is 0 Å². The normalized spacial score (nSPS) is 9.29. The summed E-state index contributed by atoms with van der Waals surface area (Å²) >= 11 is 2.16. The van der Waals surface area contributed by atoms with E-state index in [0.717, 1.165) is 10.1 Å². The highest BCUT2D eigenvalue weighted by molar-refractivity contribution is 14.1. The zero-order chi connectivity index (χ0) is 9.68. The van der Waals surface area contributed by atoms with Crippen LogP contribution in [-0.2, 0) is 0 Å². The average Bonchev–Trinajstić information content (AvgIpc) is 2.52. The Morgan fingerprint density at radius 1 is 1.57 bits per heavy atom. The predicted molar refractivity (Wildman–Crippen MR) is 67.0 cm³/mol. The van der Waals surface area contributed by atoms with Crippen LogP contribution in [0.3, 0.4) is 0 Å². The van der Waals surface area contributed by atoms with E-state index in [9.17, 15) is 4.79 Å². The zero-order valence-corrected chi connectivity index (χ0v) is 10.7. The van der Waals surface area contributed by atoms with Crippen LogP contribution in [0.5, 0.6) is 0 Å². The van der Waals surface area contributed by atoms with Gasteiger partial charge in [0, 0.05) is 22.9 Å². The number of carbonyl (C=O) groups is 1. The van der Waals surface area contributed by atoms with Crippen LogP contribution >= 0.6 is 35.0 Å². The molecule has 0 saturated carbocycles. The first-order valence-electron chi connectivity index (χ1n) is 4.00. The lowest BCUT2D eigenvalue weighted by molar-refractivity contribution is 0.0950. The van der Waals surface area contributed by atoms with Gasteiger partial charge in [-0.3, -0.25) is 4.79 Å². The van der Waals surface area contributed by atoms with Crippen molar-refractivity contribution in [1.82, 2.24) is 15.6 Å². The summed E-state index contributed by atoms with van der Waals surface area (Å²) in [6.45, 7) is 1.43. The van der Waals surface area contributed by atoms with Crippen molar-refractivity contribution in [3.8, 4) is 0 Å². The predicted octanol–water partition coefficient (Wildman–Crippen LogP) is 0.990. The molecule has 3 N–H and O–H groups in total. The number of amides is 1. The van der Waals surface area contributed by atoms with E-state index in [0.29, 0.717) is 12.2 Å². The van der Waals surface area contributed by atoms with Gasteiger partial charge < -0.3 is 15.6 Å². The van der Waals surface area contributed by atoms with E-state index in [1.165, 1.54) is 0 Å². The molecule has 1 heterocycles. The van der Waals surface area contributed by atoms with Crippen molar-refractivity contribution in [3.63, 3.8) is 0 Å². The summed E-state index contributed by atoms with van der Waals surface area (Å²) in [5.74, 6) is -0.0573. The molecule has 1 amide bonds. The Bertz CT molecular complexity index is 290. The molecule has 4 nitrogen and oxygen atoms in total. The summed E-state index contributed by atoms with van der Waals surface area (Å²) in [7, 11) is 1.85. The molecule has 0 bridgehead atoms. The van der Waals surface area contributed by atoms with Gasteiger partial charge in [0.05, 0.1) is 0 Å². The third-order valence-electron chi connectivity index (χ3n) is 1.55. The van der Waals surface area contributed by atoms with Crippen LogP contribution in [0.1, 0.15) is 10.5 Å². The number of carbonyl (C=O) groups excluding carboxylic acids is 1. The molecule has 1 rings (SSSR count). The van der Waals surface area contributed by atoms with E-state index in [1.54, 1.807) is 6.20 Å². The Labute approximate surface area is 103 Å². The van der Waals surface area contributed by atoms with E-state index in [2.05, 4.69) is 38.2 Å². The fourth-order valence-electron chi connectivity index (χ4n) is 0.895. The molecule has 1 aromatic heterocycles. The second-order valence-corrected chi connectivity index (χ2v) is 3.84. The largest absolute Gasteiger partial charge is 0.356 e. The van der Waals surface area contributed by atoms with Crippen molar-refractivity contribution in [1.29, 1.82) is 0 Å². The lowest BCUT2D eigenvalue weighted by Crippen LogP contribution is -2.30. The van der Waals surface area contributed by atoms with Gasteiger partial charge in [-0.15, -0.1) is 12.4 Å². The van der Waals surface area contributed by atoms with Crippen molar-refractivity contribution in [2.24, 2.45) is 0 Å². The van der Waals surface area contributed by atoms with Crippen molar-refractivity contribution in [2.45, 2.75) is 0 Å². The van der Waals surface area contributed by atoms with Gasteiger partial charge in [-0.05, 0) is 35.7 Å². The number of hydrogen-bond donors (Lipinski definition) is 3. The van der Waals surface area contributed by atoms with Crippen LogP contribution in [0.4, 0.5) is 0 Å². The summed E-state index contributed by atoms with van der Waals surface area (Å²) in [5.41, 5.74) is 0.612. The Morgan fingerprint density at radius 2 is 2.29 bits per heavy atom. The topological polar surface area (TPSA) is 56.9 Å². The molecule has 0 fully saturated rings. The lowest BCUT2D eigenvalue weighted by Gasteiger charge is -2.01. The SMILES string of the molecule is CNCCNC(=O)c1cc(I)c[nH]1.Cl. The molecule has 14 heavy (non-hydrogen) atoms. The van der Waals surface area contributed by atoms with E-state index in [-0.39, 0.29) is 18.3 Å². The molecule has 0 saturated heterocycles. The van der Waals surface area contributed by atoms with Crippen molar-refractivity contribution < 1.29 is 4.79 Å². The van der Waals surface area contributed by atoms with Crippen LogP contribution in [-0.4, -0.2) is 31.0 Å². The van der Waals surface area contributed by atoms with Gasteiger partial charge in [0.15, 0.2) is 0 Å². The van der Waals surface area contributed by atoms with E-state index < -0.39 is 0 Å². The van der Waals surface area contributed by atoms with Gasteiger partial charge in [0.25, 0.3) is 5.91 Å². The summed E-state index contributed by atoms with van der Waals surface area (Å²) in [6.07, 6.45) is 1.80. The summed E-state index contributed by atoms with van der Waals surface area (Å²) in [5, 5.41) is 5.73. The second kappa shape index (κ2) is 7.08. The highest BCUT2D eigenvalue weighted by atomic mass is 127. The molecule has 0 spiro atoms. The Morgan fingerprint density at radius 3 is 2.79 bits per heavy atom. The standard InChI is InChI=1S/C8H12IN3O.ClH/c1-10-2-3-11-8(13)7-4-6(9)5-12-7;/h4-5,10,12H,2-3H2,1H3,(H,11,13);1H. The number of H-pyrrole nitrogens is 1. The molecule has 0 unspecified atom stereocenters. The minimum absolute atomic E-state index is 0. The molecular weight excluding hydrogens is 316 g/mol. The maximum absolute atomic E-state index is 11.4. The molecule has 0 aliphatic rings. The highest BCUT2D eigenvalue weighted by Crippen LogP contribution is 2.05. The van der Waals surface area contributed by atoms with Crippen molar-refractivity contribution in [2.75, 3.05) is 20.1 Å². The molecule has 0 aromatic carbocycles. The Kier molecular flexibility index (Phi) is 6.94. The minimum Gasteiger partial charge on any atom is -0.356 e. The van der Waals surface area contributed by atoms with Gasteiger partial charge in [-0.1, -0.05) is 0 Å². The number of aromatic amines is 1. The Balaban J connectivity index is 0.00000169. The lowest BCUT2D eigenvalue weighted by atomic mass is 10.4. The van der Waals surface area contributed by atoms with Crippen LogP contribution < -0.4 is 10.6 Å². The molecule has 6 heteroatoms. The third-order valence-corrected chi connectivity index (χ3v) is 2.18. The van der Waals surface area contributed by atoms with E-state index in [1.807, 2.05) is 13.1 Å². The number of nitrogens with one attached hydrogen (secondary N) is 3. The van der Waals surface area contributed by atoms with Crippen molar-refractivity contribution in [3.05, 3.63) is 21.5 Å². The average molecular weight is 330 g/mol. The summed E-state index contributed by atoms with van der Waals surface area (Å²) < 4.78 is 1.04. The second-order valence-electron chi connectivity index (χ2n) is 2.59. The molecule has 0 radical (unpaired) electrons. The van der Waals surface area contributed by atoms with Crippen LogP contribution in [0.2, 0.25) is 0 Å². The number of rotatable bonds is 4. The molecule has 1 aromatic rings. The maximum atomic E-state index is 11.4. The number of aromatic nitrogens is 1. The maximum Gasteiger partial charge on any atom is 0.267 e. The van der Waals surface area contributed by atoms with Gasteiger partial charge >= 0.3 is 0 Å². The monoisotopic (exact) mass is 329 g/mol. The van der Waals surface area contributed by atoms with Gasteiger partial charge in [0.2, 0.25) is 0 Å². The quantitative estimate of drug-likeness (QED) is 0.570. The fourth-order valence-corrected chi connectivity index (χ4v) is 1.36. The zero-order valence-electron chi connectivity index (χ0n) is 7.76. The first-order chi connectivity index (χ1) is 6.24. The van der Waals surface area contributed by atoms with Crippen LogP contribution in [0.25, 0.3) is 0 Å². The number of hydrogen-bond acceptors (Lipinski definition) is 2. The van der Waals surface area contributed by atoms with Crippen molar-refractivity contribution >= 4 is 40.9 Å². The molecule has 0 aliphatic carbocycles. The van der Waals surface area contributed by atoms with Gasteiger partial charge in [-0.25, -0.2) is 0 Å². The fraction of sp³-hybridized carbons (Fsp3) is 0.375. The van der Waals surface area contributed by atoms with Gasteiger partial charge in [-0.2, -0.15) is 0 Å². The number of likely N-dealkylation sites (N-methyl/N-ethyl adjacent to an activating group) is 1. The molecular formula is C8H13ClIN3O. The summed E-state index contributed by atoms with van der Waals surface area (Å²) in [4.78, 5) is 14.3. The first-order valence-corrected chi connectivity index (χ1v) is 5.08. The Hall–Kier alpha value is -0.270. The highest BCUT2D eigenvalue weighted by Gasteiger charge is 2.05. The van der Waals surface area contributed by atoms with E-state index in [4.69, 9.17) is 0 Å².